The third-order valence-electron chi connectivity index (χ3n) is 3.47. The summed E-state index contributed by atoms with van der Waals surface area (Å²) in [5.41, 5.74) is 2.21. The summed E-state index contributed by atoms with van der Waals surface area (Å²) in [7, 11) is 1.80. The van der Waals surface area contributed by atoms with Crippen LogP contribution in [-0.4, -0.2) is 49.5 Å². The maximum atomic E-state index is 12.5. The molecule has 21 heavy (non-hydrogen) atoms. The Bertz CT molecular complexity index is 424. The number of rotatable bonds is 8. The molecule has 0 radical (unpaired) electrons. The molecule has 6 heteroatoms. The van der Waals surface area contributed by atoms with E-state index in [1.807, 2.05) is 31.2 Å². The van der Waals surface area contributed by atoms with Gasteiger partial charge in [0, 0.05) is 19.1 Å². The van der Waals surface area contributed by atoms with Crippen molar-refractivity contribution in [1.82, 2.24) is 10.2 Å². The highest BCUT2D eigenvalue weighted by Crippen LogP contribution is 2.22. The van der Waals surface area contributed by atoms with Gasteiger partial charge in [0.15, 0.2) is 0 Å². The lowest BCUT2D eigenvalue weighted by molar-refractivity contribution is -0.147. The molecule has 2 N–H and O–H groups in total. The molecule has 0 saturated heterocycles. The van der Waals surface area contributed by atoms with Crippen molar-refractivity contribution in [3.05, 3.63) is 35.4 Å². The lowest BCUT2D eigenvalue weighted by Gasteiger charge is -2.26. The van der Waals surface area contributed by atoms with Crippen LogP contribution >= 0.6 is 0 Å². The van der Waals surface area contributed by atoms with Gasteiger partial charge in [0.25, 0.3) is 0 Å². The molecule has 0 fully saturated rings. The monoisotopic (exact) mass is 304 g/mol. The first-order chi connectivity index (χ1) is 9.87. The standard InChI is InChI=1S/C15H23F3N2O/c1-12-5-3-4-6-13(12)14(19-2)7-8-20(9-10-21)11-15(16,17)18/h3-6,14,19,21H,7-11H2,1-2H3. The van der Waals surface area contributed by atoms with Gasteiger partial charge in [-0.15, -0.1) is 0 Å². The van der Waals surface area contributed by atoms with Gasteiger partial charge in [0.1, 0.15) is 0 Å². The quantitative estimate of drug-likeness (QED) is 0.774. The molecule has 0 aliphatic rings. The zero-order valence-electron chi connectivity index (χ0n) is 12.5. The Morgan fingerprint density at radius 3 is 2.43 bits per heavy atom. The van der Waals surface area contributed by atoms with E-state index in [1.54, 1.807) is 7.05 Å². The van der Waals surface area contributed by atoms with Gasteiger partial charge in [-0.2, -0.15) is 13.2 Å². The third-order valence-corrected chi connectivity index (χ3v) is 3.47. The maximum Gasteiger partial charge on any atom is 0.401 e. The number of benzene rings is 1. The Hall–Kier alpha value is -1.11. The van der Waals surface area contributed by atoms with Gasteiger partial charge in [-0.1, -0.05) is 24.3 Å². The van der Waals surface area contributed by atoms with Gasteiger partial charge >= 0.3 is 6.18 Å². The zero-order valence-corrected chi connectivity index (χ0v) is 12.5. The SMILES string of the molecule is CNC(CCN(CCO)CC(F)(F)F)c1ccccc1C. The number of halogens is 3. The van der Waals surface area contributed by atoms with Crippen LogP contribution in [0, 0.1) is 6.92 Å². The first-order valence-corrected chi connectivity index (χ1v) is 7.00. The van der Waals surface area contributed by atoms with Crippen LogP contribution < -0.4 is 5.32 Å². The van der Waals surface area contributed by atoms with Crippen LogP contribution in [0.25, 0.3) is 0 Å². The molecule has 0 spiro atoms. The number of nitrogens with one attached hydrogen (secondary N) is 1. The van der Waals surface area contributed by atoms with Crippen molar-refractivity contribution in [3.63, 3.8) is 0 Å². The molecule has 3 nitrogen and oxygen atoms in total. The Morgan fingerprint density at radius 2 is 1.90 bits per heavy atom. The first kappa shape index (κ1) is 17.9. The summed E-state index contributed by atoms with van der Waals surface area (Å²) in [4.78, 5) is 1.24. The number of alkyl halides is 3. The number of hydrogen-bond acceptors (Lipinski definition) is 3. The summed E-state index contributed by atoms with van der Waals surface area (Å²) >= 11 is 0. The molecule has 120 valence electrons. The average molecular weight is 304 g/mol. The molecule has 1 unspecified atom stereocenters. The van der Waals surface area contributed by atoms with E-state index in [4.69, 9.17) is 5.11 Å². The number of nitrogens with zero attached hydrogens (tertiary/aromatic N) is 1. The molecule has 1 aromatic carbocycles. The Morgan fingerprint density at radius 1 is 1.24 bits per heavy atom. The summed E-state index contributed by atoms with van der Waals surface area (Å²) < 4.78 is 37.5. The molecule has 0 aliphatic carbocycles. The Balaban J connectivity index is 2.66. The minimum Gasteiger partial charge on any atom is -0.395 e. The molecular formula is C15H23F3N2O. The van der Waals surface area contributed by atoms with Crippen molar-refractivity contribution in [1.29, 1.82) is 0 Å². The number of hydrogen-bond donors (Lipinski definition) is 2. The Kier molecular flexibility index (Phi) is 7.14. The van der Waals surface area contributed by atoms with E-state index >= 15 is 0 Å². The van der Waals surface area contributed by atoms with Crippen LogP contribution in [0.1, 0.15) is 23.6 Å². The highest BCUT2D eigenvalue weighted by Gasteiger charge is 2.30. The van der Waals surface area contributed by atoms with Crippen LogP contribution in [0.5, 0.6) is 0 Å². The van der Waals surface area contributed by atoms with Gasteiger partial charge in [0.2, 0.25) is 0 Å². The van der Waals surface area contributed by atoms with Crippen molar-refractivity contribution >= 4 is 0 Å². The predicted octanol–water partition coefficient (Wildman–Crippen LogP) is 2.50. The second-order valence-electron chi connectivity index (χ2n) is 5.10. The largest absolute Gasteiger partial charge is 0.401 e. The number of aliphatic hydroxyl groups is 1. The van der Waals surface area contributed by atoms with Crippen molar-refractivity contribution in [2.24, 2.45) is 0 Å². The fourth-order valence-corrected chi connectivity index (χ4v) is 2.41. The van der Waals surface area contributed by atoms with E-state index in [-0.39, 0.29) is 25.7 Å². The normalized spacial score (nSPS) is 13.7. The molecule has 1 aromatic rings. The molecule has 0 amide bonds. The molecule has 0 aromatic heterocycles. The second kappa shape index (κ2) is 8.36. The summed E-state index contributed by atoms with van der Waals surface area (Å²) in [6, 6.07) is 7.83. The van der Waals surface area contributed by atoms with Gasteiger partial charge in [-0.05, 0) is 31.5 Å². The Labute approximate surface area is 123 Å². The maximum absolute atomic E-state index is 12.5. The molecule has 0 saturated carbocycles. The first-order valence-electron chi connectivity index (χ1n) is 7.00. The van der Waals surface area contributed by atoms with E-state index in [0.717, 1.165) is 11.1 Å². The molecule has 0 heterocycles. The minimum atomic E-state index is -4.24. The second-order valence-corrected chi connectivity index (χ2v) is 5.10. The highest BCUT2D eigenvalue weighted by molar-refractivity contribution is 5.28. The summed E-state index contributed by atoms with van der Waals surface area (Å²) in [5.74, 6) is 0. The lowest BCUT2D eigenvalue weighted by atomic mass is 9.99. The van der Waals surface area contributed by atoms with Gasteiger partial charge < -0.3 is 10.4 Å². The third kappa shape index (κ3) is 6.46. The topological polar surface area (TPSA) is 35.5 Å². The van der Waals surface area contributed by atoms with E-state index in [1.165, 1.54) is 4.90 Å². The summed E-state index contributed by atoms with van der Waals surface area (Å²) in [5, 5.41) is 12.0. The van der Waals surface area contributed by atoms with Gasteiger partial charge in [-0.3, -0.25) is 4.90 Å². The van der Waals surface area contributed by atoms with E-state index < -0.39 is 12.7 Å². The number of aryl methyl sites for hydroxylation is 1. The van der Waals surface area contributed by atoms with Crippen LogP contribution in [0.4, 0.5) is 13.2 Å². The van der Waals surface area contributed by atoms with Crippen LogP contribution in [0.15, 0.2) is 24.3 Å². The minimum absolute atomic E-state index is 0.000580. The van der Waals surface area contributed by atoms with Gasteiger partial charge in [0.05, 0.1) is 13.2 Å². The molecule has 0 bridgehead atoms. The van der Waals surface area contributed by atoms with Gasteiger partial charge in [-0.25, -0.2) is 0 Å². The molecule has 1 rings (SSSR count). The summed E-state index contributed by atoms with van der Waals surface area (Å²) in [6.45, 7) is 1.03. The fraction of sp³-hybridized carbons (Fsp3) is 0.600. The highest BCUT2D eigenvalue weighted by atomic mass is 19.4. The van der Waals surface area contributed by atoms with E-state index in [9.17, 15) is 13.2 Å². The van der Waals surface area contributed by atoms with E-state index in [0.29, 0.717) is 6.42 Å². The van der Waals surface area contributed by atoms with Crippen LogP contribution in [0.3, 0.4) is 0 Å². The molecule has 1 atom stereocenters. The fourth-order valence-electron chi connectivity index (χ4n) is 2.41. The van der Waals surface area contributed by atoms with Crippen molar-refractivity contribution in [3.8, 4) is 0 Å². The number of aliphatic hydroxyl groups excluding tert-OH is 1. The molecular weight excluding hydrogens is 281 g/mol. The van der Waals surface area contributed by atoms with Crippen molar-refractivity contribution < 1.29 is 18.3 Å². The average Bonchev–Trinajstić information content (AvgIpc) is 2.39. The van der Waals surface area contributed by atoms with Crippen molar-refractivity contribution in [2.75, 3.05) is 33.3 Å². The van der Waals surface area contributed by atoms with Crippen LogP contribution in [0.2, 0.25) is 0 Å². The van der Waals surface area contributed by atoms with Crippen LogP contribution in [-0.2, 0) is 0 Å². The van der Waals surface area contributed by atoms with Crippen molar-refractivity contribution in [2.45, 2.75) is 25.6 Å². The smallest absolute Gasteiger partial charge is 0.395 e. The summed E-state index contributed by atoms with van der Waals surface area (Å²) in [6.07, 6.45) is -3.69. The lowest BCUT2D eigenvalue weighted by Crippen LogP contribution is -2.38. The zero-order chi connectivity index (χ0) is 15.9. The predicted molar refractivity (Wildman–Crippen MR) is 77.2 cm³/mol. The van der Waals surface area contributed by atoms with E-state index in [2.05, 4.69) is 5.32 Å². The molecule has 0 aliphatic heterocycles.